The topological polar surface area (TPSA) is 12.0 Å². The van der Waals surface area contributed by atoms with Gasteiger partial charge in [0.2, 0.25) is 0 Å². The van der Waals surface area contributed by atoms with Crippen LogP contribution in [0.15, 0.2) is 39.3 Å². The molecule has 0 aliphatic carbocycles. The molecule has 0 atom stereocenters. The van der Waals surface area contributed by atoms with E-state index in [1.165, 1.54) is 11.1 Å². The van der Waals surface area contributed by atoms with Crippen LogP contribution in [-0.2, 0) is 6.54 Å². The van der Waals surface area contributed by atoms with Crippen LogP contribution in [0.25, 0.3) is 0 Å². The molecule has 1 N–H and O–H groups in total. The Morgan fingerprint density at radius 3 is 2.21 bits per heavy atom. The maximum Gasteiger partial charge on any atom is 0.0631 e. The number of hydrogen-bond acceptors (Lipinski definition) is 1. The van der Waals surface area contributed by atoms with Gasteiger partial charge in [-0.15, -0.1) is 0 Å². The van der Waals surface area contributed by atoms with Crippen molar-refractivity contribution in [1.29, 1.82) is 0 Å². The monoisotopic (exact) mass is 401 g/mol. The Hall–Kier alpha value is -0.510. The number of nitrogens with one attached hydrogen (secondary N) is 1. The van der Waals surface area contributed by atoms with Crippen LogP contribution in [0.2, 0.25) is 5.02 Å². The van der Waals surface area contributed by atoms with E-state index in [-0.39, 0.29) is 0 Å². The molecular weight excluding hydrogens is 389 g/mol. The van der Waals surface area contributed by atoms with Gasteiger partial charge in [-0.25, -0.2) is 0 Å². The van der Waals surface area contributed by atoms with Gasteiger partial charge >= 0.3 is 0 Å². The smallest absolute Gasteiger partial charge is 0.0631 e. The van der Waals surface area contributed by atoms with E-state index in [4.69, 9.17) is 11.6 Å². The van der Waals surface area contributed by atoms with Gasteiger partial charge in [0.25, 0.3) is 0 Å². The van der Waals surface area contributed by atoms with Gasteiger partial charge < -0.3 is 5.32 Å². The standard InChI is InChI=1S/C15H14Br2ClN/c1-9-3-4-11(14(18)7-9)8-19-15-12(16)5-10(2)6-13(15)17/h3-7,19H,8H2,1-2H3. The summed E-state index contributed by atoms with van der Waals surface area (Å²) in [5.41, 5.74) is 4.51. The highest BCUT2D eigenvalue weighted by molar-refractivity contribution is 9.11. The van der Waals surface area contributed by atoms with Gasteiger partial charge in [0.1, 0.15) is 0 Å². The molecule has 100 valence electrons. The normalized spacial score (nSPS) is 10.6. The lowest BCUT2D eigenvalue weighted by Crippen LogP contribution is -2.02. The fraction of sp³-hybridized carbons (Fsp3) is 0.200. The molecule has 0 bridgehead atoms. The third-order valence-corrected chi connectivity index (χ3v) is 4.45. The molecule has 0 saturated heterocycles. The maximum atomic E-state index is 6.24. The van der Waals surface area contributed by atoms with E-state index in [2.05, 4.69) is 68.4 Å². The zero-order valence-corrected chi connectivity index (χ0v) is 14.7. The van der Waals surface area contributed by atoms with Gasteiger partial charge in [-0.05, 0) is 80.6 Å². The summed E-state index contributed by atoms with van der Waals surface area (Å²) in [7, 11) is 0. The second-order valence-electron chi connectivity index (χ2n) is 4.55. The van der Waals surface area contributed by atoms with Crippen LogP contribution < -0.4 is 5.32 Å². The van der Waals surface area contributed by atoms with Crippen LogP contribution in [0.3, 0.4) is 0 Å². The minimum atomic E-state index is 0.694. The predicted molar refractivity (Wildman–Crippen MR) is 90.1 cm³/mol. The summed E-state index contributed by atoms with van der Waals surface area (Å²) in [5, 5.41) is 4.20. The highest BCUT2D eigenvalue weighted by Crippen LogP contribution is 2.33. The Bertz CT molecular complexity index is 588. The average Bonchev–Trinajstić information content (AvgIpc) is 2.30. The van der Waals surface area contributed by atoms with Crippen LogP contribution in [0, 0.1) is 13.8 Å². The van der Waals surface area contributed by atoms with E-state index in [0.29, 0.717) is 6.54 Å². The first-order valence-electron chi connectivity index (χ1n) is 5.92. The molecule has 0 aliphatic heterocycles. The maximum absolute atomic E-state index is 6.24. The summed E-state index contributed by atoms with van der Waals surface area (Å²) in [5.74, 6) is 0. The van der Waals surface area contributed by atoms with Crippen molar-refractivity contribution in [3.63, 3.8) is 0 Å². The van der Waals surface area contributed by atoms with Crippen molar-refractivity contribution >= 4 is 49.1 Å². The van der Waals surface area contributed by atoms with Gasteiger partial charge in [-0.3, -0.25) is 0 Å². The number of anilines is 1. The average molecular weight is 404 g/mol. The van der Waals surface area contributed by atoms with Crippen molar-refractivity contribution in [2.45, 2.75) is 20.4 Å². The van der Waals surface area contributed by atoms with E-state index in [9.17, 15) is 0 Å². The minimum Gasteiger partial charge on any atom is -0.379 e. The Balaban J connectivity index is 2.19. The van der Waals surface area contributed by atoms with Crippen molar-refractivity contribution in [2.75, 3.05) is 5.32 Å². The van der Waals surface area contributed by atoms with E-state index < -0.39 is 0 Å². The van der Waals surface area contributed by atoms with E-state index in [0.717, 1.165) is 25.2 Å². The number of hydrogen-bond donors (Lipinski definition) is 1. The lowest BCUT2D eigenvalue weighted by Gasteiger charge is -2.13. The third-order valence-electron chi connectivity index (χ3n) is 2.85. The molecule has 0 fully saturated rings. The number of halogens is 3. The first-order chi connectivity index (χ1) is 8.97. The second-order valence-corrected chi connectivity index (χ2v) is 6.67. The van der Waals surface area contributed by atoms with Crippen LogP contribution in [-0.4, -0.2) is 0 Å². The zero-order valence-electron chi connectivity index (χ0n) is 10.7. The Morgan fingerprint density at radius 1 is 1.00 bits per heavy atom. The summed E-state index contributed by atoms with van der Waals surface area (Å²) < 4.78 is 2.09. The third kappa shape index (κ3) is 3.74. The second kappa shape index (κ2) is 6.29. The number of aryl methyl sites for hydroxylation is 2. The summed E-state index contributed by atoms with van der Waals surface area (Å²) in [6.07, 6.45) is 0. The molecule has 0 aliphatic rings. The van der Waals surface area contributed by atoms with E-state index >= 15 is 0 Å². The van der Waals surface area contributed by atoms with Gasteiger partial charge in [-0.1, -0.05) is 23.7 Å². The van der Waals surface area contributed by atoms with Crippen molar-refractivity contribution in [2.24, 2.45) is 0 Å². The minimum absolute atomic E-state index is 0.694. The molecule has 19 heavy (non-hydrogen) atoms. The van der Waals surface area contributed by atoms with Crippen molar-refractivity contribution in [3.8, 4) is 0 Å². The molecule has 0 aromatic heterocycles. The first-order valence-corrected chi connectivity index (χ1v) is 7.88. The summed E-state index contributed by atoms with van der Waals surface area (Å²) in [6.45, 7) is 4.80. The quantitative estimate of drug-likeness (QED) is 0.653. The molecule has 0 saturated carbocycles. The van der Waals surface area contributed by atoms with Crippen molar-refractivity contribution in [1.82, 2.24) is 0 Å². The first kappa shape index (κ1) is 14.9. The van der Waals surface area contributed by atoms with Crippen LogP contribution in [0.1, 0.15) is 16.7 Å². The molecule has 0 amide bonds. The van der Waals surface area contributed by atoms with Gasteiger partial charge in [0.15, 0.2) is 0 Å². The number of benzene rings is 2. The molecular formula is C15H14Br2ClN. The predicted octanol–water partition coefficient (Wildman–Crippen LogP) is 6.09. The molecule has 2 aromatic carbocycles. The molecule has 0 heterocycles. The van der Waals surface area contributed by atoms with Crippen LogP contribution in [0.5, 0.6) is 0 Å². The van der Waals surface area contributed by atoms with Gasteiger partial charge in [0, 0.05) is 20.5 Å². The largest absolute Gasteiger partial charge is 0.379 e. The molecule has 2 aromatic rings. The lowest BCUT2D eigenvalue weighted by atomic mass is 10.1. The fourth-order valence-corrected chi connectivity index (χ4v) is 3.85. The Labute approximate surface area is 135 Å². The Kier molecular flexibility index (Phi) is 4.93. The summed E-state index contributed by atoms with van der Waals surface area (Å²) >= 11 is 13.4. The lowest BCUT2D eigenvalue weighted by molar-refractivity contribution is 1.14. The highest BCUT2D eigenvalue weighted by Gasteiger charge is 2.07. The van der Waals surface area contributed by atoms with E-state index in [1.54, 1.807) is 0 Å². The van der Waals surface area contributed by atoms with E-state index in [1.807, 2.05) is 13.0 Å². The molecule has 4 heteroatoms. The summed E-state index contributed by atoms with van der Waals surface area (Å²) in [6, 6.07) is 10.3. The Morgan fingerprint density at radius 2 is 1.63 bits per heavy atom. The van der Waals surface area contributed by atoms with Gasteiger partial charge in [-0.2, -0.15) is 0 Å². The highest BCUT2D eigenvalue weighted by atomic mass is 79.9. The molecule has 0 radical (unpaired) electrons. The number of rotatable bonds is 3. The van der Waals surface area contributed by atoms with Crippen LogP contribution in [0.4, 0.5) is 5.69 Å². The fourth-order valence-electron chi connectivity index (χ4n) is 1.85. The molecule has 0 unspecified atom stereocenters. The summed E-state index contributed by atoms with van der Waals surface area (Å²) in [4.78, 5) is 0. The molecule has 1 nitrogen and oxygen atoms in total. The van der Waals surface area contributed by atoms with Crippen molar-refractivity contribution < 1.29 is 0 Å². The molecule has 0 spiro atoms. The van der Waals surface area contributed by atoms with Crippen LogP contribution >= 0.6 is 43.5 Å². The van der Waals surface area contributed by atoms with Crippen molar-refractivity contribution in [3.05, 3.63) is 61.0 Å². The zero-order chi connectivity index (χ0) is 14.0. The SMILES string of the molecule is Cc1ccc(CNc2c(Br)cc(C)cc2Br)c(Cl)c1. The molecule has 2 rings (SSSR count). The van der Waals surface area contributed by atoms with Gasteiger partial charge in [0.05, 0.1) is 5.69 Å².